The second-order valence-corrected chi connectivity index (χ2v) is 5.81. The number of nitrogens with one attached hydrogen (secondary N) is 1. The van der Waals surface area contributed by atoms with Crippen LogP contribution in [-0.4, -0.2) is 31.3 Å². The van der Waals surface area contributed by atoms with Gasteiger partial charge in [0.1, 0.15) is 0 Å². The summed E-state index contributed by atoms with van der Waals surface area (Å²) in [6.45, 7) is 4.43. The molecule has 0 unspecified atom stereocenters. The number of hydrogen-bond donors (Lipinski definition) is 1. The van der Waals surface area contributed by atoms with Crippen molar-refractivity contribution in [1.29, 1.82) is 0 Å². The summed E-state index contributed by atoms with van der Waals surface area (Å²) < 4.78 is 6.36. The summed E-state index contributed by atoms with van der Waals surface area (Å²) in [6.07, 6.45) is 2.35. The van der Waals surface area contributed by atoms with Crippen molar-refractivity contribution < 1.29 is 4.52 Å². The molecule has 9 heteroatoms. The zero-order valence-electron chi connectivity index (χ0n) is 12.4. The van der Waals surface area contributed by atoms with Gasteiger partial charge in [0.15, 0.2) is 5.82 Å². The molecule has 0 aliphatic heterocycles. The second kappa shape index (κ2) is 6.22. The van der Waals surface area contributed by atoms with Gasteiger partial charge in [-0.2, -0.15) is 9.50 Å². The van der Waals surface area contributed by atoms with Crippen molar-refractivity contribution in [3.63, 3.8) is 0 Å². The molecule has 0 amide bonds. The predicted octanol–water partition coefficient (Wildman–Crippen LogP) is 1.45. The normalized spacial score (nSPS) is 11.2. The fourth-order valence-electron chi connectivity index (χ4n) is 2.03. The zero-order valence-corrected chi connectivity index (χ0v) is 13.2. The Hall–Kier alpha value is -2.29. The average Bonchev–Trinajstić information content (AvgIpc) is 3.06. The van der Waals surface area contributed by atoms with Crippen molar-refractivity contribution in [2.45, 2.75) is 33.1 Å². The minimum Gasteiger partial charge on any atom is -0.360 e. The standard InChI is InChI=1S/C13H16N6O2S/c1-3-4-9-7-11(20)19-13(16-9)22-12(17-19)14-6-5-10-15-8(2)18-21-10/h7H,3-6H2,1-2H3,(H,14,17). The van der Waals surface area contributed by atoms with Gasteiger partial charge in [0, 0.05) is 24.7 Å². The van der Waals surface area contributed by atoms with Crippen molar-refractivity contribution in [2.24, 2.45) is 0 Å². The highest BCUT2D eigenvalue weighted by molar-refractivity contribution is 7.20. The molecule has 3 aromatic rings. The highest BCUT2D eigenvalue weighted by atomic mass is 32.1. The summed E-state index contributed by atoms with van der Waals surface area (Å²) >= 11 is 1.35. The molecule has 0 bridgehead atoms. The molecule has 22 heavy (non-hydrogen) atoms. The summed E-state index contributed by atoms with van der Waals surface area (Å²) in [5, 5.41) is 11.8. The Morgan fingerprint density at radius 2 is 2.23 bits per heavy atom. The van der Waals surface area contributed by atoms with Crippen molar-refractivity contribution in [3.8, 4) is 0 Å². The van der Waals surface area contributed by atoms with Crippen LogP contribution in [-0.2, 0) is 12.8 Å². The third-order valence-corrected chi connectivity index (χ3v) is 3.86. The van der Waals surface area contributed by atoms with E-state index in [4.69, 9.17) is 4.52 Å². The molecule has 116 valence electrons. The lowest BCUT2D eigenvalue weighted by molar-refractivity contribution is 0.377. The SMILES string of the molecule is CCCc1cc(=O)n2nc(NCCc3nc(C)no3)sc2n1. The first kappa shape index (κ1) is 14.6. The fraction of sp³-hybridized carbons (Fsp3) is 0.462. The maximum Gasteiger partial charge on any atom is 0.275 e. The van der Waals surface area contributed by atoms with E-state index >= 15 is 0 Å². The molecule has 0 saturated heterocycles. The first-order valence-electron chi connectivity index (χ1n) is 7.08. The van der Waals surface area contributed by atoms with Gasteiger partial charge in [-0.25, -0.2) is 4.98 Å². The van der Waals surface area contributed by atoms with Gasteiger partial charge >= 0.3 is 0 Å². The molecule has 0 aliphatic rings. The summed E-state index contributed by atoms with van der Waals surface area (Å²) in [5.74, 6) is 1.20. The number of rotatable bonds is 6. The molecular formula is C13H16N6O2S. The first-order valence-corrected chi connectivity index (χ1v) is 7.90. The molecule has 3 rings (SSSR count). The topological polar surface area (TPSA) is 98.2 Å². The minimum atomic E-state index is -0.148. The summed E-state index contributed by atoms with van der Waals surface area (Å²) in [4.78, 5) is 21.2. The number of anilines is 1. The molecule has 0 saturated carbocycles. The Morgan fingerprint density at radius 1 is 1.36 bits per heavy atom. The molecule has 0 aromatic carbocycles. The van der Waals surface area contributed by atoms with E-state index in [0.717, 1.165) is 18.5 Å². The van der Waals surface area contributed by atoms with Gasteiger partial charge in [0.05, 0.1) is 0 Å². The first-order chi connectivity index (χ1) is 10.7. The number of nitrogens with zero attached hydrogens (tertiary/aromatic N) is 5. The average molecular weight is 320 g/mol. The third kappa shape index (κ3) is 3.14. The molecule has 0 fully saturated rings. The number of fused-ring (bicyclic) bond motifs is 1. The highest BCUT2D eigenvalue weighted by Gasteiger charge is 2.09. The van der Waals surface area contributed by atoms with E-state index in [1.807, 2.05) is 0 Å². The van der Waals surface area contributed by atoms with Gasteiger partial charge in [-0.15, -0.1) is 5.10 Å². The van der Waals surface area contributed by atoms with Crippen LogP contribution >= 0.6 is 11.3 Å². The summed E-state index contributed by atoms with van der Waals surface area (Å²) in [5.41, 5.74) is 0.661. The van der Waals surface area contributed by atoms with Gasteiger partial charge < -0.3 is 9.84 Å². The van der Waals surface area contributed by atoms with E-state index in [0.29, 0.717) is 34.8 Å². The van der Waals surface area contributed by atoms with Crippen LogP contribution in [0.4, 0.5) is 5.13 Å². The molecular weight excluding hydrogens is 304 g/mol. The number of hydrogen-bond acceptors (Lipinski definition) is 8. The monoisotopic (exact) mass is 320 g/mol. The van der Waals surface area contributed by atoms with E-state index in [2.05, 4.69) is 32.5 Å². The lowest BCUT2D eigenvalue weighted by atomic mass is 10.2. The van der Waals surface area contributed by atoms with E-state index < -0.39 is 0 Å². The molecule has 0 radical (unpaired) electrons. The van der Waals surface area contributed by atoms with Gasteiger partial charge in [0.25, 0.3) is 5.56 Å². The Kier molecular flexibility index (Phi) is 4.14. The lowest BCUT2D eigenvalue weighted by Crippen LogP contribution is -2.15. The van der Waals surface area contributed by atoms with Crippen LogP contribution in [0, 0.1) is 6.92 Å². The van der Waals surface area contributed by atoms with E-state index in [-0.39, 0.29) is 5.56 Å². The molecule has 0 spiro atoms. The van der Waals surface area contributed by atoms with Gasteiger partial charge in [-0.05, 0) is 13.3 Å². The van der Waals surface area contributed by atoms with Crippen molar-refractivity contribution in [3.05, 3.63) is 33.8 Å². The molecule has 1 N–H and O–H groups in total. The molecule has 0 aliphatic carbocycles. The van der Waals surface area contributed by atoms with Crippen molar-refractivity contribution in [2.75, 3.05) is 11.9 Å². The van der Waals surface area contributed by atoms with Gasteiger partial charge in [-0.1, -0.05) is 29.8 Å². The fourth-order valence-corrected chi connectivity index (χ4v) is 2.88. The Labute approximate surface area is 130 Å². The molecule has 0 atom stereocenters. The molecule has 3 aromatic heterocycles. The highest BCUT2D eigenvalue weighted by Crippen LogP contribution is 2.16. The van der Waals surface area contributed by atoms with Crippen LogP contribution < -0.4 is 10.9 Å². The minimum absolute atomic E-state index is 0.148. The van der Waals surface area contributed by atoms with Crippen LogP contribution in [0.1, 0.15) is 30.8 Å². The predicted molar refractivity (Wildman–Crippen MR) is 82.4 cm³/mol. The quantitative estimate of drug-likeness (QED) is 0.734. The summed E-state index contributed by atoms with van der Waals surface area (Å²) in [6, 6.07) is 1.54. The van der Waals surface area contributed by atoms with Gasteiger partial charge in [0.2, 0.25) is 16.0 Å². The Balaban J connectivity index is 1.71. The maximum absolute atomic E-state index is 12.0. The van der Waals surface area contributed by atoms with Crippen LogP contribution in [0.2, 0.25) is 0 Å². The van der Waals surface area contributed by atoms with Crippen LogP contribution in [0.5, 0.6) is 0 Å². The van der Waals surface area contributed by atoms with Crippen molar-refractivity contribution in [1.82, 2.24) is 24.7 Å². The second-order valence-electron chi connectivity index (χ2n) is 4.85. The van der Waals surface area contributed by atoms with E-state index in [9.17, 15) is 4.79 Å². The number of aromatic nitrogens is 5. The molecule has 8 nitrogen and oxygen atoms in total. The van der Waals surface area contributed by atoms with Gasteiger partial charge in [-0.3, -0.25) is 4.79 Å². The third-order valence-electron chi connectivity index (χ3n) is 2.99. The Morgan fingerprint density at radius 3 is 2.95 bits per heavy atom. The van der Waals surface area contributed by atoms with Crippen molar-refractivity contribution >= 4 is 21.4 Å². The molecule has 3 heterocycles. The van der Waals surface area contributed by atoms with E-state index in [1.54, 1.807) is 13.0 Å². The van der Waals surface area contributed by atoms with Crippen LogP contribution in [0.15, 0.2) is 15.4 Å². The Bertz CT molecular complexity index is 837. The zero-order chi connectivity index (χ0) is 15.5. The largest absolute Gasteiger partial charge is 0.360 e. The number of aryl methyl sites for hydroxylation is 2. The van der Waals surface area contributed by atoms with Crippen LogP contribution in [0.3, 0.4) is 0 Å². The lowest BCUT2D eigenvalue weighted by Gasteiger charge is -1.97. The smallest absolute Gasteiger partial charge is 0.275 e. The van der Waals surface area contributed by atoms with Crippen LogP contribution in [0.25, 0.3) is 4.96 Å². The van der Waals surface area contributed by atoms with E-state index in [1.165, 1.54) is 15.9 Å². The summed E-state index contributed by atoms with van der Waals surface area (Å²) in [7, 11) is 0. The maximum atomic E-state index is 12.0.